The van der Waals surface area contributed by atoms with Gasteiger partial charge < -0.3 is 10.4 Å². The van der Waals surface area contributed by atoms with Gasteiger partial charge in [0.15, 0.2) is 0 Å². The van der Waals surface area contributed by atoms with Crippen LogP contribution in [0.5, 0.6) is 0 Å². The average Bonchev–Trinajstić information content (AvgIpc) is 2.38. The normalized spacial score (nSPS) is 30.3. The molecular formula is C16H33NO. The van der Waals surface area contributed by atoms with Crippen molar-refractivity contribution < 1.29 is 5.11 Å². The fourth-order valence-electron chi connectivity index (χ4n) is 2.97. The number of hydrogen-bond donors (Lipinski definition) is 2. The predicted molar refractivity (Wildman–Crippen MR) is 78.8 cm³/mol. The van der Waals surface area contributed by atoms with Crippen molar-refractivity contribution in [2.45, 2.75) is 90.2 Å². The smallest absolute Gasteiger partial charge is 0.0771 e. The number of nitrogens with one attached hydrogen (secondary N) is 1. The van der Waals surface area contributed by atoms with E-state index >= 15 is 0 Å². The summed E-state index contributed by atoms with van der Waals surface area (Å²) in [7, 11) is 0. The highest BCUT2D eigenvalue weighted by Crippen LogP contribution is 2.33. The Hall–Kier alpha value is -0.0800. The third kappa shape index (κ3) is 5.71. The van der Waals surface area contributed by atoms with Crippen LogP contribution in [0.1, 0.15) is 78.6 Å². The Morgan fingerprint density at radius 1 is 1.22 bits per heavy atom. The SMILES string of the molecule is CCCCCC(C)NCC1(O)CCC(CC)CC1. The molecule has 1 rings (SSSR count). The van der Waals surface area contributed by atoms with Gasteiger partial charge in [0.2, 0.25) is 0 Å². The Balaban J connectivity index is 2.17. The highest BCUT2D eigenvalue weighted by atomic mass is 16.3. The largest absolute Gasteiger partial charge is 0.389 e. The molecule has 0 aliphatic heterocycles. The maximum absolute atomic E-state index is 10.5. The Morgan fingerprint density at radius 3 is 2.44 bits per heavy atom. The Labute approximate surface area is 114 Å². The zero-order chi connectivity index (χ0) is 13.4. The van der Waals surface area contributed by atoms with Crippen molar-refractivity contribution in [1.29, 1.82) is 0 Å². The zero-order valence-electron chi connectivity index (χ0n) is 12.7. The molecule has 1 aliphatic rings. The number of rotatable bonds is 8. The van der Waals surface area contributed by atoms with E-state index in [9.17, 15) is 5.11 Å². The van der Waals surface area contributed by atoms with E-state index in [4.69, 9.17) is 0 Å². The Morgan fingerprint density at radius 2 is 1.89 bits per heavy atom. The molecular weight excluding hydrogens is 222 g/mol. The van der Waals surface area contributed by atoms with Gasteiger partial charge in [0.25, 0.3) is 0 Å². The lowest BCUT2D eigenvalue weighted by Gasteiger charge is -2.36. The molecule has 1 fully saturated rings. The molecule has 0 heterocycles. The lowest BCUT2D eigenvalue weighted by molar-refractivity contribution is -0.0105. The number of aliphatic hydroxyl groups is 1. The maximum Gasteiger partial charge on any atom is 0.0771 e. The van der Waals surface area contributed by atoms with Crippen molar-refractivity contribution in [3.63, 3.8) is 0 Å². The van der Waals surface area contributed by atoms with E-state index in [1.807, 2.05) is 0 Å². The summed E-state index contributed by atoms with van der Waals surface area (Å²) in [6.07, 6.45) is 10.8. The van der Waals surface area contributed by atoms with Gasteiger partial charge in [0.1, 0.15) is 0 Å². The summed E-state index contributed by atoms with van der Waals surface area (Å²) in [5.41, 5.74) is -0.426. The minimum atomic E-state index is -0.426. The molecule has 0 saturated heterocycles. The lowest BCUT2D eigenvalue weighted by atomic mass is 9.78. The lowest BCUT2D eigenvalue weighted by Crippen LogP contribution is -2.46. The molecule has 2 N–H and O–H groups in total. The van der Waals surface area contributed by atoms with Gasteiger partial charge in [0.05, 0.1) is 5.60 Å². The fraction of sp³-hybridized carbons (Fsp3) is 1.00. The van der Waals surface area contributed by atoms with E-state index in [1.54, 1.807) is 0 Å². The summed E-state index contributed by atoms with van der Waals surface area (Å²) in [4.78, 5) is 0. The van der Waals surface area contributed by atoms with Gasteiger partial charge in [-0.05, 0) is 44.9 Å². The molecule has 2 nitrogen and oxygen atoms in total. The van der Waals surface area contributed by atoms with Crippen molar-refractivity contribution in [3.8, 4) is 0 Å². The van der Waals surface area contributed by atoms with Gasteiger partial charge in [-0.1, -0.05) is 39.5 Å². The van der Waals surface area contributed by atoms with E-state index in [2.05, 4.69) is 26.1 Å². The van der Waals surface area contributed by atoms with Crippen molar-refractivity contribution >= 4 is 0 Å². The van der Waals surface area contributed by atoms with Gasteiger partial charge in [0, 0.05) is 12.6 Å². The molecule has 108 valence electrons. The molecule has 1 unspecified atom stereocenters. The molecule has 0 radical (unpaired) electrons. The fourth-order valence-corrected chi connectivity index (χ4v) is 2.97. The molecule has 0 aromatic rings. The second-order valence-electron chi connectivity index (χ2n) is 6.35. The summed E-state index contributed by atoms with van der Waals surface area (Å²) in [6, 6.07) is 0.546. The second-order valence-corrected chi connectivity index (χ2v) is 6.35. The van der Waals surface area contributed by atoms with E-state index in [1.165, 1.54) is 44.9 Å². The van der Waals surface area contributed by atoms with Gasteiger partial charge in [-0.2, -0.15) is 0 Å². The van der Waals surface area contributed by atoms with E-state index in [0.29, 0.717) is 6.04 Å². The maximum atomic E-state index is 10.5. The minimum absolute atomic E-state index is 0.426. The zero-order valence-corrected chi connectivity index (χ0v) is 12.7. The van der Waals surface area contributed by atoms with Gasteiger partial charge in [-0.15, -0.1) is 0 Å². The number of unbranched alkanes of at least 4 members (excludes halogenated alkanes) is 2. The highest BCUT2D eigenvalue weighted by Gasteiger charge is 2.32. The topological polar surface area (TPSA) is 32.3 Å². The first-order valence-electron chi connectivity index (χ1n) is 8.05. The van der Waals surface area contributed by atoms with Crippen molar-refractivity contribution in [2.75, 3.05) is 6.54 Å². The Kier molecular flexibility index (Phi) is 7.25. The van der Waals surface area contributed by atoms with Crippen LogP contribution < -0.4 is 5.32 Å². The summed E-state index contributed by atoms with van der Waals surface area (Å²) >= 11 is 0. The van der Waals surface area contributed by atoms with Crippen LogP contribution in [0.3, 0.4) is 0 Å². The van der Waals surface area contributed by atoms with Crippen LogP contribution in [0.25, 0.3) is 0 Å². The van der Waals surface area contributed by atoms with Gasteiger partial charge in [-0.3, -0.25) is 0 Å². The summed E-state index contributed by atoms with van der Waals surface area (Å²) < 4.78 is 0. The van der Waals surface area contributed by atoms with Crippen molar-refractivity contribution in [3.05, 3.63) is 0 Å². The summed E-state index contributed by atoms with van der Waals surface area (Å²) in [5, 5.41) is 14.1. The molecule has 0 aromatic carbocycles. The second kappa shape index (κ2) is 8.16. The van der Waals surface area contributed by atoms with E-state index < -0.39 is 5.60 Å². The quantitative estimate of drug-likeness (QED) is 0.645. The third-order valence-corrected chi connectivity index (χ3v) is 4.63. The molecule has 1 saturated carbocycles. The monoisotopic (exact) mass is 255 g/mol. The van der Waals surface area contributed by atoms with Crippen molar-refractivity contribution in [2.24, 2.45) is 5.92 Å². The van der Waals surface area contributed by atoms with Crippen LogP contribution >= 0.6 is 0 Å². The van der Waals surface area contributed by atoms with Crippen LogP contribution in [0.4, 0.5) is 0 Å². The van der Waals surface area contributed by atoms with Crippen LogP contribution in [0, 0.1) is 5.92 Å². The molecule has 2 heteroatoms. The third-order valence-electron chi connectivity index (χ3n) is 4.63. The molecule has 0 bridgehead atoms. The van der Waals surface area contributed by atoms with Crippen LogP contribution in [-0.2, 0) is 0 Å². The highest BCUT2D eigenvalue weighted by molar-refractivity contribution is 4.87. The first-order valence-corrected chi connectivity index (χ1v) is 8.05. The van der Waals surface area contributed by atoms with E-state index in [0.717, 1.165) is 25.3 Å². The standard InChI is InChI=1S/C16H33NO/c1-4-6-7-8-14(3)17-13-16(18)11-9-15(5-2)10-12-16/h14-15,17-18H,4-13H2,1-3H3. The Bertz CT molecular complexity index is 209. The molecule has 0 spiro atoms. The molecule has 0 amide bonds. The minimum Gasteiger partial charge on any atom is -0.389 e. The summed E-state index contributed by atoms with van der Waals surface area (Å²) in [5.74, 6) is 0.854. The van der Waals surface area contributed by atoms with Gasteiger partial charge in [-0.25, -0.2) is 0 Å². The first-order chi connectivity index (χ1) is 8.59. The van der Waals surface area contributed by atoms with Crippen LogP contribution in [-0.4, -0.2) is 23.3 Å². The van der Waals surface area contributed by atoms with Crippen molar-refractivity contribution in [1.82, 2.24) is 5.32 Å². The first kappa shape index (κ1) is 16.0. The van der Waals surface area contributed by atoms with Crippen LogP contribution in [0.2, 0.25) is 0 Å². The predicted octanol–water partition coefficient (Wildman–Crippen LogP) is 3.88. The molecule has 1 aliphatic carbocycles. The van der Waals surface area contributed by atoms with E-state index in [-0.39, 0.29) is 0 Å². The number of hydrogen-bond acceptors (Lipinski definition) is 2. The van der Waals surface area contributed by atoms with Gasteiger partial charge >= 0.3 is 0 Å². The average molecular weight is 255 g/mol. The summed E-state index contributed by atoms with van der Waals surface area (Å²) in [6.45, 7) is 7.55. The van der Waals surface area contributed by atoms with Crippen LogP contribution in [0.15, 0.2) is 0 Å². The molecule has 1 atom stereocenters. The molecule has 18 heavy (non-hydrogen) atoms. The molecule has 0 aromatic heterocycles.